The van der Waals surface area contributed by atoms with Crippen LogP contribution in [-0.2, 0) is 9.05 Å². The fraction of sp³-hybridized carbons (Fsp3) is 0. The third-order valence-corrected chi connectivity index (χ3v) is 4.06. The van der Waals surface area contributed by atoms with Crippen molar-refractivity contribution in [1.82, 2.24) is 4.98 Å². The van der Waals surface area contributed by atoms with Crippen molar-refractivity contribution in [2.45, 2.75) is 4.90 Å². The summed E-state index contributed by atoms with van der Waals surface area (Å²) in [5.74, 6) is 0. The third-order valence-electron chi connectivity index (χ3n) is 1.99. The molecule has 2 aromatic rings. The van der Waals surface area contributed by atoms with Crippen LogP contribution in [0.5, 0.6) is 0 Å². The zero-order valence-electron chi connectivity index (χ0n) is 7.72. The van der Waals surface area contributed by atoms with Gasteiger partial charge in [-0.05, 0) is 18.2 Å². The molecular formula is C9H6BrCl2NO2S. The molecule has 0 amide bonds. The summed E-state index contributed by atoms with van der Waals surface area (Å²) in [6, 6.07) is 4.83. The Hall–Kier alpha value is -0.360. The van der Waals surface area contributed by atoms with Gasteiger partial charge in [0.05, 0.1) is 4.90 Å². The smallest absolute Gasteiger partial charge is 0.261 e. The molecule has 3 nitrogen and oxygen atoms in total. The predicted octanol–water partition coefficient (Wildman–Crippen LogP) is 3.35. The molecule has 0 aliphatic heterocycles. The average Bonchev–Trinajstić information content (AvgIpc) is 2.17. The lowest BCUT2D eigenvalue weighted by Crippen LogP contribution is -1.92. The number of aromatic nitrogens is 1. The molecule has 0 radical (unpaired) electrons. The first-order valence-electron chi connectivity index (χ1n) is 3.97. The van der Waals surface area contributed by atoms with Gasteiger partial charge in [-0.15, -0.1) is 12.4 Å². The fourth-order valence-corrected chi connectivity index (χ4v) is 2.88. The highest BCUT2D eigenvalue weighted by molar-refractivity contribution is 9.10. The van der Waals surface area contributed by atoms with E-state index in [2.05, 4.69) is 20.9 Å². The van der Waals surface area contributed by atoms with E-state index in [1.165, 1.54) is 12.3 Å². The maximum atomic E-state index is 11.3. The summed E-state index contributed by atoms with van der Waals surface area (Å²) >= 11 is 3.33. The molecule has 0 saturated carbocycles. The Kier molecular flexibility index (Phi) is 4.17. The zero-order valence-corrected chi connectivity index (χ0v) is 11.7. The Bertz CT molecular complexity index is 630. The minimum Gasteiger partial charge on any atom is -0.264 e. The van der Waals surface area contributed by atoms with Gasteiger partial charge in [-0.3, -0.25) is 4.98 Å². The fourth-order valence-electron chi connectivity index (χ4n) is 1.34. The molecule has 0 fully saturated rings. The van der Waals surface area contributed by atoms with Gasteiger partial charge in [-0.1, -0.05) is 15.9 Å². The highest BCUT2D eigenvalue weighted by Gasteiger charge is 2.15. The van der Waals surface area contributed by atoms with Gasteiger partial charge in [0.2, 0.25) is 0 Å². The van der Waals surface area contributed by atoms with E-state index in [4.69, 9.17) is 10.7 Å². The molecule has 0 spiro atoms. The summed E-state index contributed by atoms with van der Waals surface area (Å²) in [5.41, 5.74) is 0. The average molecular weight is 343 g/mol. The normalized spacial score (nSPS) is 11.1. The summed E-state index contributed by atoms with van der Waals surface area (Å²) < 4.78 is 23.4. The van der Waals surface area contributed by atoms with Gasteiger partial charge >= 0.3 is 0 Å². The standard InChI is InChI=1S/C9H5BrClNO2S.ClH/c10-8-1-2-9(15(11,13)14)7-5-12-4-3-6(7)8;/h1-5H;1H. The lowest BCUT2D eigenvalue weighted by molar-refractivity contribution is 0.610. The van der Waals surface area contributed by atoms with Crippen LogP contribution in [0, 0.1) is 0 Å². The molecule has 1 aromatic carbocycles. The predicted molar refractivity (Wildman–Crippen MR) is 69.7 cm³/mol. The third kappa shape index (κ3) is 2.48. The number of benzene rings is 1. The summed E-state index contributed by atoms with van der Waals surface area (Å²) in [5, 5.41) is 1.29. The van der Waals surface area contributed by atoms with E-state index < -0.39 is 9.05 Å². The van der Waals surface area contributed by atoms with Crippen molar-refractivity contribution >= 4 is 58.8 Å². The molecule has 0 unspecified atom stereocenters. The highest BCUT2D eigenvalue weighted by atomic mass is 79.9. The van der Waals surface area contributed by atoms with E-state index in [9.17, 15) is 8.42 Å². The summed E-state index contributed by atoms with van der Waals surface area (Å²) in [6.07, 6.45) is 3.08. The first-order valence-corrected chi connectivity index (χ1v) is 7.07. The van der Waals surface area contributed by atoms with E-state index in [1.807, 2.05) is 0 Å². The molecule has 7 heteroatoms. The van der Waals surface area contributed by atoms with Crippen molar-refractivity contribution in [3.63, 3.8) is 0 Å². The van der Waals surface area contributed by atoms with Crippen LogP contribution in [0.25, 0.3) is 10.8 Å². The van der Waals surface area contributed by atoms with Gasteiger partial charge in [0.25, 0.3) is 9.05 Å². The monoisotopic (exact) mass is 341 g/mol. The number of fused-ring (bicyclic) bond motifs is 1. The van der Waals surface area contributed by atoms with Crippen molar-refractivity contribution in [3.05, 3.63) is 35.1 Å². The van der Waals surface area contributed by atoms with Crippen LogP contribution in [-0.4, -0.2) is 13.4 Å². The Morgan fingerprint density at radius 2 is 1.88 bits per heavy atom. The molecule has 1 aromatic heterocycles. The topological polar surface area (TPSA) is 47.0 Å². The number of hydrogen-bond acceptors (Lipinski definition) is 3. The Balaban J connectivity index is 0.00000128. The van der Waals surface area contributed by atoms with Gasteiger partial charge in [-0.2, -0.15) is 0 Å². The first-order chi connectivity index (χ1) is 7.00. The molecule has 0 saturated heterocycles. The van der Waals surface area contributed by atoms with Crippen molar-refractivity contribution < 1.29 is 8.42 Å². The van der Waals surface area contributed by atoms with Gasteiger partial charge in [0.1, 0.15) is 0 Å². The van der Waals surface area contributed by atoms with E-state index in [-0.39, 0.29) is 17.3 Å². The number of rotatable bonds is 1. The molecule has 16 heavy (non-hydrogen) atoms. The van der Waals surface area contributed by atoms with Gasteiger partial charge in [0.15, 0.2) is 0 Å². The molecule has 0 aliphatic rings. The van der Waals surface area contributed by atoms with Crippen LogP contribution in [0.15, 0.2) is 40.0 Å². The largest absolute Gasteiger partial charge is 0.264 e. The molecule has 0 aliphatic carbocycles. The minimum atomic E-state index is -3.73. The zero-order chi connectivity index (χ0) is 11.1. The molecule has 86 valence electrons. The summed E-state index contributed by atoms with van der Waals surface area (Å²) in [6.45, 7) is 0. The van der Waals surface area contributed by atoms with Crippen molar-refractivity contribution in [1.29, 1.82) is 0 Å². The first kappa shape index (κ1) is 13.7. The second-order valence-electron chi connectivity index (χ2n) is 2.90. The quantitative estimate of drug-likeness (QED) is 0.746. The van der Waals surface area contributed by atoms with Crippen LogP contribution in [0.2, 0.25) is 0 Å². The number of nitrogens with zero attached hydrogens (tertiary/aromatic N) is 1. The highest BCUT2D eigenvalue weighted by Crippen LogP contribution is 2.30. The van der Waals surface area contributed by atoms with E-state index >= 15 is 0 Å². The van der Waals surface area contributed by atoms with Crippen LogP contribution in [0.3, 0.4) is 0 Å². The van der Waals surface area contributed by atoms with Gasteiger partial charge < -0.3 is 0 Å². The van der Waals surface area contributed by atoms with E-state index in [1.54, 1.807) is 18.3 Å². The Morgan fingerprint density at radius 3 is 2.50 bits per heavy atom. The molecule has 0 atom stereocenters. The maximum Gasteiger partial charge on any atom is 0.261 e. The second-order valence-corrected chi connectivity index (χ2v) is 6.29. The SMILES string of the molecule is Cl.O=S(=O)(Cl)c1ccc(Br)c2ccncc12. The lowest BCUT2D eigenvalue weighted by atomic mass is 10.2. The molecule has 2 rings (SSSR count). The van der Waals surface area contributed by atoms with Crippen LogP contribution < -0.4 is 0 Å². The number of hydrogen-bond donors (Lipinski definition) is 0. The minimum absolute atomic E-state index is 0. The molecule has 0 N–H and O–H groups in total. The Morgan fingerprint density at radius 1 is 1.19 bits per heavy atom. The molecule has 1 heterocycles. The Labute approximate surface area is 112 Å². The molecular weight excluding hydrogens is 337 g/mol. The maximum absolute atomic E-state index is 11.3. The van der Waals surface area contributed by atoms with Crippen molar-refractivity contribution in [2.24, 2.45) is 0 Å². The van der Waals surface area contributed by atoms with Crippen LogP contribution >= 0.6 is 39.0 Å². The van der Waals surface area contributed by atoms with Gasteiger partial charge in [-0.25, -0.2) is 8.42 Å². The summed E-state index contributed by atoms with van der Waals surface area (Å²) in [7, 11) is 1.58. The van der Waals surface area contributed by atoms with Crippen molar-refractivity contribution in [2.75, 3.05) is 0 Å². The van der Waals surface area contributed by atoms with E-state index in [0.717, 1.165) is 9.86 Å². The van der Waals surface area contributed by atoms with Crippen LogP contribution in [0.1, 0.15) is 0 Å². The van der Waals surface area contributed by atoms with Crippen LogP contribution in [0.4, 0.5) is 0 Å². The lowest BCUT2D eigenvalue weighted by Gasteiger charge is -2.04. The summed E-state index contributed by atoms with van der Waals surface area (Å²) in [4.78, 5) is 3.96. The number of halogens is 3. The van der Waals surface area contributed by atoms with E-state index in [0.29, 0.717) is 5.39 Å². The number of pyridine rings is 1. The second kappa shape index (κ2) is 4.87. The van der Waals surface area contributed by atoms with Gasteiger partial charge in [0, 0.05) is 38.3 Å². The molecule has 0 bridgehead atoms. The van der Waals surface area contributed by atoms with Crippen molar-refractivity contribution in [3.8, 4) is 0 Å².